The van der Waals surface area contributed by atoms with E-state index in [2.05, 4.69) is 22.6 Å². The first kappa shape index (κ1) is 9.96. The van der Waals surface area contributed by atoms with Crippen LogP contribution >= 0.6 is 22.6 Å². The average Bonchev–Trinajstić information content (AvgIpc) is 2.52. The van der Waals surface area contributed by atoms with Gasteiger partial charge in [0.25, 0.3) is 0 Å². The van der Waals surface area contributed by atoms with Crippen molar-refractivity contribution in [3.8, 4) is 5.75 Å². The van der Waals surface area contributed by atoms with Crippen molar-refractivity contribution in [3.05, 3.63) is 27.3 Å². The maximum atomic E-state index is 11.5. The van der Waals surface area contributed by atoms with Crippen molar-refractivity contribution in [3.63, 3.8) is 0 Å². The molecule has 1 N–H and O–H groups in total. The molecule has 14 heavy (non-hydrogen) atoms. The molecule has 1 aromatic rings. The van der Waals surface area contributed by atoms with E-state index in [0.717, 1.165) is 22.0 Å². The molecule has 0 aliphatic heterocycles. The highest BCUT2D eigenvalue weighted by atomic mass is 127. The summed E-state index contributed by atoms with van der Waals surface area (Å²) in [6, 6.07) is 5.51. The van der Waals surface area contributed by atoms with Crippen molar-refractivity contribution in [1.82, 2.24) is 0 Å². The molecule has 2 nitrogen and oxygen atoms in total. The fraction of sp³-hybridized carbons (Fsp3) is 0.364. The first-order chi connectivity index (χ1) is 6.68. The van der Waals surface area contributed by atoms with Gasteiger partial charge < -0.3 is 5.11 Å². The van der Waals surface area contributed by atoms with Crippen LogP contribution in [0.3, 0.4) is 0 Å². The number of halogens is 1. The molecule has 3 heteroatoms. The largest absolute Gasteiger partial charge is 0.508 e. The van der Waals surface area contributed by atoms with Crippen LogP contribution in [-0.4, -0.2) is 10.9 Å². The summed E-state index contributed by atoms with van der Waals surface area (Å²) in [5.74, 6) is 0.464. The first-order valence-corrected chi connectivity index (χ1v) is 5.77. The second-order valence-corrected chi connectivity index (χ2v) is 4.86. The van der Waals surface area contributed by atoms with Crippen LogP contribution in [-0.2, 0) is 4.79 Å². The molecule has 1 fully saturated rings. The van der Waals surface area contributed by atoms with Crippen molar-refractivity contribution in [2.24, 2.45) is 0 Å². The molecule has 0 aromatic heterocycles. The summed E-state index contributed by atoms with van der Waals surface area (Å²) in [5.41, 5.74) is 0.799. The Bertz CT molecular complexity index is 374. The minimum Gasteiger partial charge on any atom is -0.508 e. The number of hydrogen-bond acceptors (Lipinski definition) is 2. The number of hydrogen-bond donors (Lipinski definition) is 1. The van der Waals surface area contributed by atoms with Gasteiger partial charge in [0, 0.05) is 21.5 Å². The van der Waals surface area contributed by atoms with Crippen LogP contribution < -0.4 is 0 Å². The number of phenolic OH excluding ortho intramolecular Hbond substituents is 1. The molecule has 0 saturated heterocycles. The lowest BCUT2D eigenvalue weighted by Crippen LogP contribution is -2.04. The molecule has 0 bridgehead atoms. The average molecular weight is 302 g/mol. The Labute approximate surface area is 96.5 Å². The molecule has 1 aliphatic rings. The zero-order chi connectivity index (χ0) is 10.1. The Morgan fingerprint density at radius 2 is 2.21 bits per heavy atom. The van der Waals surface area contributed by atoms with Crippen molar-refractivity contribution < 1.29 is 9.90 Å². The van der Waals surface area contributed by atoms with Crippen molar-refractivity contribution in [1.29, 1.82) is 0 Å². The maximum Gasteiger partial charge on any atom is 0.140 e. The van der Waals surface area contributed by atoms with Gasteiger partial charge in [0.1, 0.15) is 11.5 Å². The Balaban J connectivity index is 2.36. The highest BCUT2D eigenvalue weighted by Crippen LogP contribution is 2.36. The lowest BCUT2D eigenvalue weighted by molar-refractivity contribution is -0.118. The molecule has 0 heterocycles. The Kier molecular flexibility index (Phi) is 2.76. The number of rotatable bonds is 1. The summed E-state index contributed by atoms with van der Waals surface area (Å²) >= 11 is 2.15. The van der Waals surface area contributed by atoms with Gasteiger partial charge in [-0.25, -0.2) is 0 Å². The van der Waals surface area contributed by atoms with Gasteiger partial charge in [-0.3, -0.25) is 4.79 Å². The first-order valence-electron chi connectivity index (χ1n) is 4.69. The lowest BCUT2D eigenvalue weighted by Gasteiger charge is -2.10. The van der Waals surface area contributed by atoms with E-state index in [0.29, 0.717) is 6.42 Å². The normalized spacial score (nSPS) is 21.5. The van der Waals surface area contributed by atoms with Crippen molar-refractivity contribution >= 4 is 28.4 Å². The topological polar surface area (TPSA) is 37.3 Å². The van der Waals surface area contributed by atoms with Gasteiger partial charge in [0.15, 0.2) is 0 Å². The zero-order valence-electron chi connectivity index (χ0n) is 7.66. The van der Waals surface area contributed by atoms with E-state index in [1.54, 1.807) is 6.07 Å². The molecule has 1 aliphatic carbocycles. The van der Waals surface area contributed by atoms with Crippen LogP contribution in [0.5, 0.6) is 5.75 Å². The van der Waals surface area contributed by atoms with Crippen LogP contribution in [0.15, 0.2) is 18.2 Å². The Morgan fingerprint density at radius 1 is 1.43 bits per heavy atom. The molecule has 74 valence electrons. The highest BCUT2D eigenvalue weighted by Gasteiger charge is 2.27. The molecule has 1 aromatic carbocycles. The summed E-state index contributed by atoms with van der Waals surface area (Å²) in [4.78, 5) is 11.5. The molecule has 1 atom stereocenters. The van der Waals surface area contributed by atoms with Crippen LogP contribution in [0.4, 0.5) is 0 Å². The molecular weight excluding hydrogens is 291 g/mol. The van der Waals surface area contributed by atoms with Gasteiger partial charge in [-0.1, -0.05) is 6.07 Å². The van der Waals surface area contributed by atoms with Crippen molar-refractivity contribution in [2.75, 3.05) is 0 Å². The predicted molar refractivity (Wildman–Crippen MR) is 62.4 cm³/mol. The molecule has 1 saturated carbocycles. The SMILES string of the molecule is O=C1CCCC1c1ccc(I)cc1O. The van der Waals surface area contributed by atoms with Gasteiger partial charge in [-0.2, -0.15) is 0 Å². The van der Waals surface area contributed by atoms with Crippen molar-refractivity contribution in [2.45, 2.75) is 25.2 Å². The summed E-state index contributed by atoms with van der Waals surface area (Å²) in [6.07, 6.45) is 2.50. The van der Waals surface area contributed by atoms with Gasteiger partial charge in [-0.15, -0.1) is 0 Å². The third kappa shape index (κ3) is 1.78. The number of carbonyl (C=O) groups excluding carboxylic acids is 1. The van der Waals surface area contributed by atoms with Gasteiger partial charge in [-0.05, 0) is 47.6 Å². The summed E-state index contributed by atoms with van der Waals surface area (Å²) < 4.78 is 0.995. The van der Waals surface area contributed by atoms with E-state index < -0.39 is 0 Å². The van der Waals surface area contributed by atoms with Crippen LogP contribution in [0, 0.1) is 3.57 Å². The maximum absolute atomic E-state index is 11.5. The smallest absolute Gasteiger partial charge is 0.140 e. The molecule has 0 spiro atoms. The van der Waals surface area contributed by atoms with Crippen LogP contribution in [0.25, 0.3) is 0 Å². The van der Waals surface area contributed by atoms with E-state index in [9.17, 15) is 9.90 Å². The zero-order valence-corrected chi connectivity index (χ0v) is 9.82. The van der Waals surface area contributed by atoms with E-state index in [4.69, 9.17) is 0 Å². The monoisotopic (exact) mass is 302 g/mol. The van der Waals surface area contributed by atoms with Gasteiger partial charge in [0.2, 0.25) is 0 Å². The molecule has 1 unspecified atom stereocenters. The van der Waals surface area contributed by atoms with Gasteiger partial charge in [0.05, 0.1) is 0 Å². The highest BCUT2D eigenvalue weighted by molar-refractivity contribution is 14.1. The Hall–Kier alpha value is -0.580. The number of ketones is 1. The molecule has 0 radical (unpaired) electrons. The van der Waals surface area contributed by atoms with Crippen LogP contribution in [0.1, 0.15) is 30.7 Å². The Morgan fingerprint density at radius 3 is 2.79 bits per heavy atom. The summed E-state index contributed by atoms with van der Waals surface area (Å²) in [5, 5.41) is 9.71. The standard InChI is InChI=1S/C11H11IO2/c12-7-4-5-9(11(14)6-7)8-2-1-3-10(8)13/h4-6,8,14H,1-3H2. The lowest BCUT2D eigenvalue weighted by atomic mass is 9.96. The number of carbonyl (C=O) groups is 1. The van der Waals surface area contributed by atoms with Crippen LogP contribution in [0.2, 0.25) is 0 Å². The van der Waals surface area contributed by atoms with E-state index in [1.165, 1.54) is 0 Å². The molecular formula is C11H11IO2. The van der Waals surface area contributed by atoms with E-state index >= 15 is 0 Å². The number of aromatic hydroxyl groups is 1. The fourth-order valence-electron chi connectivity index (χ4n) is 1.96. The minimum atomic E-state index is -0.0630. The van der Waals surface area contributed by atoms with E-state index in [-0.39, 0.29) is 17.5 Å². The second kappa shape index (κ2) is 3.88. The fourth-order valence-corrected chi connectivity index (χ4v) is 2.43. The molecule has 0 amide bonds. The molecule has 2 rings (SSSR count). The number of Topliss-reactive ketones (excluding diaryl/α,β-unsaturated/α-hetero) is 1. The quantitative estimate of drug-likeness (QED) is 0.810. The number of phenols is 1. The van der Waals surface area contributed by atoms with E-state index in [1.807, 2.05) is 12.1 Å². The summed E-state index contributed by atoms with van der Waals surface area (Å²) in [7, 11) is 0. The van der Waals surface area contributed by atoms with Gasteiger partial charge >= 0.3 is 0 Å². The third-order valence-corrected chi connectivity index (χ3v) is 3.34. The minimum absolute atomic E-state index is 0.0630. The third-order valence-electron chi connectivity index (χ3n) is 2.67. The number of benzene rings is 1. The summed E-state index contributed by atoms with van der Waals surface area (Å²) in [6.45, 7) is 0. The predicted octanol–water partition coefficient (Wildman–Crippen LogP) is 2.83. The second-order valence-electron chi connectivity index (χ2n) is 3.61.